The van der Waals surface area contributed by atoms with Crippen LogP contribution < -0.4 is 14.8 Å². The predicted octanol–water partition coefficient (Wildman–Crippen LogP) is 4.22. The zero-order chi connectivity index (χ0) is 20.6. The SMILES string of the molecule is COCCOc1cc2ncnc(Nc3ccc([18F])c(Cl)c3)c2cc1OCCOC. The Morgan fingerprint density at radius 3 is 2.28 bits per heavy atom. The van der Waals surface area contributed by atoms with Gasteiger partial charge in [-0.1, -0.05) is 11.6 Å². The maximum absolute atomic E-state index is 13.4. The lowest BCUT2D eigenvalue weighted by Crippen LogP contribution is -2.09. The molecule has 0 aliphatic rings. The van der Waals surface area contributed by atoms with Gasteiger partial charge in [0.1, 0.15) is 31.2 Å². The van der Waals surface area contributed by atoms with Crippen molar-refractivity contribution in [1.82, 2.24) is 9.97 Å². The average Bonchev–Trinajstić information content (AvgIpc) is 2.71. The molecule has 9 heteroatoms. The highest BCUT2D eigenvalue weighted by molar-refractivity contribution is 6.31. The number of nitrogens with zero attached hydrogens (tertiary/aromatic N) is 2. The summed E-state index contributed by atoms with van der Waals surface area (Å²) >= 11 is 5.87. The number of aromatic nitrogens is 2. The van der Waals surface area contributed by atoms with Crippen LogP contribution in [0.1, 0.15) is 0 Å². The van der Waals surface area contributed by atoms with Crippen molar-refractivity contribution in [2.75, 3.05) is 46.0 Å². The first-order valence-electron chi connectivity index (χ1n) is 8.86. The molecule has 3 aromatic rings. The van der Waals surface area contributed by atoms with E-state index < -0.39 is 5.82 Å². The molecule has 0 bridgehead atoms. The molecule has 0 aliphatic heterocycles. The van der Waals surface area contributed by atoms with Crippen LogP contribution in [0.4, 0.5) is 15.9 Å². The van der Waals surface area contributed by atoms with Gasteiger partial charge in [0.05, 0.1) is 23.8 Å². The normalized spacial score (nSPS) is 10.9. The van der Waals surface area contributed by atoms with E-state index in [1.165, 1.54) is 18.5 Å². The minimum atomic E-state index is -0.489. The van der Waals surface area contributed by atoms with Crippen molar-refractivity contribution in [3.63, 3.8) is 0 Å². The lowest BCUT2D eigenvalue weighted by Gasteiger charge is -2.15. The molecule has 0 saturated heterocycles. The van der Waals surface area contributed by atoms with E-state index in [0.717, 1.165) is 0 Å². The maximum Gasteiger partial charge on any atom is 0.163 e. The topological polar surface area (TPSA) is 74.7 Å². The lowest BCUT2D eigenvalue weighted by atomic mass is 10.2. The summed E-state index contributed by atoms with van der Waals surface area (Å²) in [7, 11) is 3.20. The van der Waals surface area contributed by atoms with E-state index in [-0.39, 0.29) is 5.02 Å². The van der Waals surface area contributed by atoms with Crippen LogP contribution in [0, 0.1) is 5.82 Å². The molecule has 0 fully saturated rings. The fourth-order valence-electron chi connectivity index (χ4n) is 2.57. The minimum Gasteiger partial charge on any atom is -0.487 e. The van der Waals surface area contributed by atoms with Gasteiger partial charge >= 0.3 is 0 Å². The molecule has 29 heavy (non-hydrogen) atoms. The molecule has 1 N–H and O–H groups in total. The maximum atomic E-state index is 13.4. The number of hydrogen-bond donors (Lipinski definition) is 1. The number of ether oxygens (including phenoxy) is 4. The summed E-state index contributed by atoms with van der Waals surface area (Å²) in [6.07, 6.45) is 1.43. The molecule has 0 unspecified atom stereocenters. The van der Waals surface area contributed by atoms with Crippen molar-refractivity contribution in [2.45, 2.75) is 0 Å². The molecule has 0 radical (unpaired) electrons. The third-order valence-electron chi connectivity index (χ3n) is 3.97. The Morgan fingerprint density at radius 1 is 0.931 bits per heavy atom. The van der Waals surface area contributed by atoms with Gasteiger partial charge in [-0.05, 0) is 24.3 Å². The fraction of sp³-hybridized carbons (Fsp3) is 0.300. The number of anilines is 2. The molecule has 0 aliphatic carbocycles. The Balaban J connectivity index is 1.95. The van der Waals surface area contributed by atoms with E-state index >= 15 is 0 Å². The van der Waals surface area contributed by atoms with E-state index in [0.29, 0.717) is 60.3 Å². The summed E-state index contributed by atoms with van der Waals surface area (Å²) in [6.45, 7) is 1.59. The number of rotatable bonds is 10. The second-order valence-electron chi connectivity index (χ2n) is 5.97. The van der Waals surface area contributed by atoms with Gasteiger partial charge in [0.25, 0.3) is 0 Å². The van der Waals surface area contributed by atoms with Crippen LogP contribution in [0.5, 0.6) is 11.5 Å². The smallest absolute Gasteiger partial charge is 0.163 e. The first-order chi connectivity index (χ1) is 14.1. The Hall–Kier alpha value is -2.68. The van der Waals surface area contributed by atoms with E-state index in [1.807, 2.05) is 0 Å². The second kappa shape index (κ2) is 10.2. The quantitative estimate of drug-likeness (QED) is 0.492. The van der Waals surface area contributed by atoms with E-state index in [1.54, 1.807) is 32.4 Å². The molecule has 154 valence electrons. The highest BCUT2D eigenvalue weighted by Gasteiger charge is 2.13. The predicted molar refractivity (Wildman–Crippen MR) is 109 cm³/mol. The minimum absolute atomic E-state index is 0.0192. The fourth-order valence-corrected chi connectivity index (χ4v) is 2.75. The summed E-state index contributed by atoms with van der Waals surface area (Å²) in [6, 6.07) is 7.92. The van der Waals surface area contributed by atoms with Crippen molar-refractivity contribution >= 4 is 34.0 Å². The zero-order valence-corrected chi connectivity index (χ0v) is 16.8. The Bertz CT molecular complexity index is 974. The first kappa shape index (κ1) is 21.0. The molecular formula is C20H21ClFN3O4. The van der Waals surface area contributed by atoms with Crippen molar-refractivity contribution in [1.29, 1.82) is 0 Å². The molecule has 7 nitrogen and oxygen atoms in total. The first-order valence-corrected chi connectivity index (χ1v) is 9.24. The van der Waals surface area contributed by atoms with Crippen molar-refractivity contribution < 1.29 is 23.3 Å². The monoisotopic (exact) mass is 420 g/mol. The van der Waals surface area contributed by atoms with Crippen LogP contribution in [0.2, 0.25) is 5.02 Å². The molecule has 1 heterocycles. The van der Waals surface area contributed by atoms with Crippen LogP contribution in [-0.2, 0) is 9.47 Å². The van der Waals surface area contributed by atoms with Crippen LogP contribution >= 0.6 is 11.6 Å². The number of benzene rings is 2. The van der Waals surface area contributed by atoms with Gasteiger partial charge in [-0.2, -0.15) is 0 Å². The van der Waals surface area contributed by atoms with E-state index in [4.69, 9.17) is 30.5 Å². The third kappa shape index (κ3) is 5.44. The number of fused-ring (bicyclic) bond motifs is 1. The second-order valence-corrected chi connectivity index (χ2v) is 6.38. The summed E-state index contributed by atoms with van der Waals surface area (Å²) in [5.41, 5.74) is 1.25. The molecule has 1 aromatic heterocycles. The third-order valence-corrected chi connectivity index (χ3v) is 4.26. The van der Waals surface area contributed by atoms with Crippen LogP contribution in [-0.4, -0.2) is 50.6 Å². The molecule has 2 aromatic carbocycles. The van der Waals surface area contributed by atoms with Crippen molar-refractivity contribution in [3.8, 4) is 11.5 Å². The number of hydrogen-bond acceptors (Lipinski definition) is 7. The standard InChI is InChI=1S/C20H21ClFN3O4/c1-26-5-7-28-18-10-14-17(11-19(18)29-8-6-27-2)23-12-24-20(14)25-13-3-4-16(22)15(21)9-13/h3-4,9-12H,5-8H2,1-2H3,(H,23,24,25)/i22-1. The summed E-state index contributed by atoms with van der Waals surface area (Å²) in [5.74, 6) is 1.11. The van der Waals surface area contributed by atoms with Crippen LogP contribution in [0.15, 0.2) is 36.7 Å². The molecule has 0 atom stereocenters. The summed E-state index contributed by atoms with van der Waals surface area (Å²) < 4.78 is 35.1. The van der Waals surface area contributed by atoms with Gasteiger partial charge in [-0.25, -0.2) is 14.4 Å². The highest BCUT2D eigenvalue weighted by Crippen LogP contribution is 2.35. The Morgan fingerprint density at radius 2 is 1.62 bits per heavy atom. The Labute approximate surface area is 172 Å². The van der Waals surface area contributed by atoms with Crippen molar-refractivity contribution in [3.05, 3.63) is 47.5 Å². The summed E-state index contributed by atoms with van der Waals surface area (Å²) in [5, 5.41) is 3.86. The van der Waals surface area contributed by atoms with Gasteiger partial charge in [0, 0.05) is 31.4 Å². The number of halogens is 2. The lowest BCUT2D eigenvalue weighted by molar-refractivity contribution is 0.132. The zero-order valence-electron chi connectivity index (χ0n) is 16.1. The number of nitrogens with one attached hydrogen (secondary N) is 1. The number of methoxy groups -OCH3 is 2. The molecule has 0 amide bonds. The molecular weight excluding hydrogens is 400 g/mol. The van der Waals surface area contributed by atoms with Gasteiger partial charge in [0.2, 0.25) is 0 Å². The van der Waals surface area contributed by atoms with Gasteiger partial charge in [0.15, 0.2) is 11.5 Å². The molecule has 0 saturated carbocycles. The molecule has 0 spiro atoms. The van der Waals surface area contributed by atoms with E-state index in [2.05, 4.69) is 15.3 Å². The molecule has 3 rings (SSSR count). The largest absolute Gasteiger partial charge is 0.487 e. The van der Waals surface area contributed by atoms with Crippen LogP contribution in [0.3, 0.4) is 0 Å². The van der Waals surface area contributed by atoms with Crippen LogP contribution in [0.25, 0.3) is 10.9 Å². The van der Waals surface area contributed by atoms with Gasteiger partial charge in [-0.3, -0.25) is 0 Å². The van der Waals surface area contributed by atoms with Gasteiger partial charge < -0.3 is 24.3 Å². The van der Waals surface area contributed by atoms with Gasteiger partial charge in [-0.15, -0.1) is 0 Å². The van der Waals surface area contributed by atoms with Crippen molar-refractivity contribution in [2.24, 2.45) is 0 Å². The Kier molecular flexibility index (Phi) is 7.40. The highest BCUT2D eigenvalue weighted by atomic mass is 35.5. The average molecular weight is 421 g/mol. The van der Waals surface area contributed by atoms with E-state index in [9.17, 15) is 4.39 Å². The summed E-state index contributed by atoms with van der Waals surface area (Å²) in [4.78, 5) is 8.61.